The summed E-state index contributed by atoms with van der Waals surface area (Å²) in [5, 5.41) is 2.92. The van der Waals surface area contributed by atoms with E-state index < -0.39 is 6.04 Å². The SMILES string of the molecule is CC(C)n1cnc(C(=O)N2CCCNC(=O)[C@@H]2Cc2ccccc2)c1. The largest absolute Gasteiger partial charge is 0.354 e. The van der Waals surface area contributed by atoms with Crippen LogP contribution in [0.4, 0.5) is 0 Å². The number of nitrogens with one attached hydrogen (secondary N) is 1. The van der Waals surface area contributed by atoms with Crippen molar-refractivity contribution in [2.75, 3.05) is 13.1 Å². The third-order valence-electron chi connectivity index (χ3n) is 4.50. The van der Waals surface area contributed by atoms with Crippen molar-refractivity contribution in [2.45, 2.75) is 38.8 Å². The Balaban J connectivity index is 1.86. The van der Waals surface area contributed by atoms with Gasteiger partial charge in [-0.2, -0.15) is 0 Å². The molecule has 1 aromatic heterocycles. The third kappa shape index (κ3) is 3.90. The Labute approximate surface area is 147 Å². The van der Waals surface area contributed by atoms with Gasteiger partial charge in [0.05, 0.1) is 6.33 Å². The molecule has 1 aliphatic rings. The van der Waals surface area contributed by atoms with Crippen molar-refractivity contribution < 1.29 is 9.59 Å². The summed E-state index contributed by atoms with van der Waals surface area (Å²) in [5.74, 6) is -0.282. The molecule has 6 heteroatoms. The van der Waals surface area contributed by atoms with Gasteiger partial charge >= 0.3 is 0 Å². The van der Waals surface area contributed by atoms with Crippen LogP contribution in [-0.2, 0) is 11.2 Å². The Hall–Kier alpha value is -2.63. The summed E-state index contributed by atoms with van der Waals surface area (Å²) in [6, 6.07) is 9.52. The van der Waals surface area contributed by atoms with Crippen LogP contribution in [0.5, 0.6) is 0 Å². The van der Waals surface area contributed by atoms with Gasteiger partial charge in [-0.05, 0) is 25.8 Å². The average Bonchev–Trinajstić information content (AvgIpc) is 3.04. The Morgan fingerprint density at radius 2 is 2.08 bits per heavy atom. The van der Waals surface area contributed by atoms with Crippen molar-refractivity contribution in [3.8, 4) is 0 Å². The fourth-order valence-corrected chi connectivity index (χ4v) is 3.04. The Kier molecular flexibility index (Phi) is 5.16. The lowest BCUT2D eigenvalue weighted by Gasteiger charge is -2.28. The first-order chi connectivity index (χ1) is 12.1. The molecule has 1 fully saturated rings. The highest BCUT2D eigenvalue weighted by molar-refractivity contribution is 5.96. The van der Waals surface area contributed by atoms with E-state index in [9.17, 15) is 9.59 Å². The molecule has 1 N–H and O–H groups in total. The molecule has 0 saturated carbocycles. The Morgan fingerprint density at radius 3 is 2.76 bits per heavy atom. The monoisotopic (exact) mass is 340 g/mol. The summed E-state index contributed by atoms with van der Waals surface area (Å²) in [6.07, 6.45) is 4.67. The van der Waals surface area contributed by atoms with Crippen LogP contribution in [0.2, 0.25) is 0 Å². The zero-order valence-electron chi connectivity index (χ0n) is 14.7. The lowest BCUT2D eigenvalue weighted by atomic mass is 10.0. The minimum atomic E-state index is -0.512. The summed E-state index contributed by atoms with van der Waals surface area (Å²) < 4.78 is 1.90. The fourth-order valence-electron chi connectivity index (χ4n) is 3.04. The van der Waals surface area contributed by atoms with E-state index in [1.807, 2.05) is 48.7 Å². The predicted octanol–water partition coefficient (Wildman–Crippen LogP) is 2.04. The lowest BCUT2D eigenvalue weighted by molar-refractivity contribution is -0.124. The number of hydrogen-bond donors (Lipinski definition) is 1. The molecule has 0 unspecified atom stereocenters. The molecule has 0 aliphatic carbocycles. The van der Waals surface area contributed by atoms with Gasteiger partial charge in [0, 0.05) is 31.7 Å². The number of carbonyl (C=O) groups excluding carboxylic acids is 2. The minimum absolute atomic E-state index is 0.0991. The molecule has 1 aromatic carbocycles. The van der Waals surface area contributed by atoms with Gasteiger partial charge < -0.3 is 14.8 Å². The van der Waals surface area contributed by atoms with Crippen LogP contribution in [-0.4, -0.2) is 45.4 Å². The number of aromatic nitrogens is 2. The van der Waals surface area contributed by atoms with Crippen LogP contribution >= 0.6 is 0 Å². The van der Waals surface area contributed by atoms with Gasteiger partial charge in [-0.25, -0.2) is 4.98 Å². The van der Waals surface area contributed by atoms with E-state index >= 15 is 0 Å². The standard InChI is InChI=1S/C19H24N4O2/c1-14(2)22-12-16(21-13-22)19(25)23-10-6-9-20-18(24)17(23)11-15-7-4-3-5-8-15/h3-5,7-8,12-14,17H,6,9-11H2,1-2H3,(H,20,24)/t17-/m0/s1. The summed E-state index contributed by atoms with van der Waals surface area (Å²) in [6.45, 7) is 5.21. The first kappa shape index (κ1) is 17.2. The molecule has 132 valence electrons. The molecule has 1 atom stereocenters. The molecule has 1 saturated heterocycles. The van der Waals surface area contributed by atoms with E-state index in [4.69, 9.17) is 0 Å². The fraction of sp³-hybridized carbons (Fsp3) is 0.421. The second-order valence-electron chi connectivity index (χ2n) is 6.65. The van der Waals surface area contributed by atoms with Crippen molar-refractivity contribution in [1.29, 1.82) is 0 Å². The summed E-state index contributed by atoms with van der Waals surface area (Å²) in [7, 11) is 0. The molecule has 6 nitrogen and oxygen atoms in total. The van der Waals surface area contributed by atoms with Crippen LogP contribution in [0.3, 0.4) is 0 Å². The minimum Gasteiger partial charge on any atom is -0.354 e. The van der Waals surface area contributed by atoms with E-state index in [1.54, 1.807) is 17.4 Å². The highest BCUT2D eigenvalue weighted by atomic mass is 16.2. The van der Waals surface area contributed by atoms with Crippen LogP contribution < -0.4 is 5.32 Å². The number of benzene rings is 1. The number of rotatable bonds is 4. The van der Waals surface area contributed by atoms with Gasteiger partial charge in [0.1, 0.15) is 11.7 Å². The Bertz CT molecular complexity index is 739. The molecule has 0 bridgehead atoms. The van der Waals surface area contributed by atoms with E-state index in [1.165, 1.54) is 0 Å². The number of nitrogens with zero attached hydrogens (tertiary/aromatic N) is 3. The predicted molar refractivity (Wildman–Crippen MR) is 95.2 cm³/mol. The maximum absolute atomic E-state index is 13.0. The average molecular weight is 340 g/mol. The van der Waals surface area contributed by atoms with Crippen LogP contribution in [0.15, 0.2) is 42.9 Å². The highest BCUT2D eigenvalue weighted by Crippen LogP contribution is 2.16. The topological polar surface area (TPSA) is 67.2 Å². The molecule has 2 amide bonds. The van der Waals surface area contributed by atoms with Crippen LogP contribution in [0.25, 0.3) is 0 Å². The van der Waals surface area contributed by atoms with E-state index in [0.717, 1.165) is 12.0 Å². The highest BCUT2D eigenvalue weighted by Gasteiger charge is 2.33. The summed E-state index contributed by atoms with van der Waals surface area (Å²) in [4.78, 5) is 31.5. The number of amides is 2. The van der Waals surface area contributed by atoms with Gasteiger partial charge in [0.2, 0.25) is 5.91 Å². The first-order valence-corrected chi connectivity index (χ1v) is 8.72. The number of imidazole rings is 1. The van der Waals surface area contributed by atoms with Crippen LogP contribution in [0.1, 0.15) is 42.4 Å². The molecular formula is C19H24N4O2. The zero-order valence-corrected chi connectivity index (χ0v) is 14.7. The maximum atomic E-state index is 13.0. The molecular weight excluding hydrogens is 316 g/mol. The summed E-state index contributed by atoms with van der Waals surface area (Å²) >= 11 is 0. The maximum Gasteiger partial charge on any atom is 0.274 e. The molecule has 0 radical (unpaired) electrons. The molecule has 2 heterocycles. The normalized spacial score (nSPS) is 18.1. The zero-order chi connectivity index (χ0) is 17.8. The molecule has 1 aliphatic heterocycles. The molecule has 25 heavy (non-hydrogen) atoms. The molecule has 2 aromatic rings. The van der Waals surface area contributed by atoms with Crippen molar-refractivity contribution in [3.63, 3.8) is 0 Å². The van der Waals surface area contributed by atoms with Crippen molar-refractivity contribution in [1.82, 2.24) is 19.8 Å². The summed E-state index contributed by atoms with van der Waals surface area (Å²) in [5.41, 5.74) is 1.43. The first-order valence-electron chi connectivity index (χ1n) is 8.72. The van der Waals surface area contributed by atoms with Gasteiger partial charge in [0.25, 0.3) is 5.91 Å². The quantitative estimate of drug-likeness (QED) is 0.926. The molecule has 3 rings (SSSR count). The van der Waals surface area contributed by atoms with Gasteiger partial charge in [0.15, 0.2) is 0 Å². The Morgan fingerprint density at radius 1 is 1.32 bits per heavy atom. The van der Waals surface area contributed by atoms with E-state index in [0.29, 0.717) is 25.2 Å². The second-order valence-corrected chi connectivity index (χ2v) is 6.65. The number of carbonyl (C=O) groups is 2. The van der Waals surface area contributed by atoms with Gasteiger partial charge in [-0.15, -0.1) is 0 Å². The van der Waals surface area contributed by atoms with E-state index in [-0.39, 0.29) is 17.9 Å². The van der Waals surface area contributed by atoms with Crippen molar-refractivity contribution in [2.24, 2.45) is 0 Å². The lowest BCUT2D eigenvalue weighted by Crippen LogP contribution is -2.48. The van der Waals surface area contributed by atoms with Crippen molar-refractivity contribution >= 4 is 11.8 Å². The van der Waals surface area contributed by atoms with Crippen molar-refractivity contribution in [3.05, 3.63) is 54.1 Å². The smallest absolute Gasteiger partial charge is 0.274 e. The van der Waals surface area contributed by atoms with Gasteiger partial charge in [-0.3, -0.25) is 9.59 Å². The number of hydrogen-bond acceptors (Lipinski definition) is 3. The van der Waals surface area contributed by atoms with Gasteiger partial charge in [-0.1, -0.05) is 30.3 Å². The van der Waals surface area contributed by atoms with Crippen LogP contribution in [0, 0.1) is 0 Å². The second kappa shape index (κ2) is 7.51. The molecule has 0 spiro atoms. The third-order valence-corrected chi connectivity index (χ3v) is 4.50. The van der Waals surface area contributed by atoms with E-state index in [2.05, 4.69) is 10.3 Å².